The summed E-state index contributed by atoms with van der Waals surface area (Å²) < 4.78 is 5.80. The molecule has 5 N–H and O–H groups in total. The van der Waals surface area contributed by atoms with Crippen LogP contribution in [0.5, 0.6) is 0 Å². The summed E-state index contributed by atoms with van der Waals surface area (Å²) in [4.78, 5) is 12.3. The van der Waals surface area contributed by atoms with Gasteiger partial charge in [0.15, 0.2) is 5.96 Å². The number of allylic oxidation sites excluding steroid dienone is 1. The first-order valence-electron chi connectivity index (χ1n) is 15.3. The van der Waals surface area contributed by atoms with Gasteiger partial charge in [0.05, 0.1) is 0 Å². The Morgan fingerprint density at radius 1 is 1.08 bits per heavy atom. The van der Waals surface area contributed by atoms with E-state index in [-0.39, 0.29) is 23.6 Å². The molecule has 8 atom stereocenters. The molecule has 0 unspecified atom stereocenters. The molecule has 0 aliphatic heterocycles. The third-order valence-corrected chi connectivity index (χ3v) is 11.2. The van der Waals surface area contributed by atoms with E-state index in [4.69, 9.17) is 15.9 Å². The number of alkyl carbamates (subject to hydrolysis) is 1. The van der Waals surface area contributed by atoms with E-state index in [1.807, 2.05) is 0 Å². The van der Waals surface area contributed by atoms with Gasteiger partial charge in [0.1, 0.15) is 6.10 Å². The molecule has 4 aliphatic carbocycles. The van der Waals surface area contributed by atoms with E-state index in [1.165, 1.54) is 51.4 Å². The summed E-state index contributed by atoms with van der Waals surface area (Å²) in [5, 5.41) is 12.7. The van der Waals surface area contributed by atoms with Gasteiger partial charge in [0.2, 0.25) is 0 Å². The Hall–Kier alpha value is -1.72. The zero-order valence-corrected chi connectivity index (χ0v) is 24.2. The molecule has 0 spiro atoms. The summed E-state index contributed by atoms with van der Waals surface area (Å²) in [6, 6.07) is 0. The molecule has 1 amide bonds. The summed E-state index contributed by atoms with van der Waals surface area (Å²) in [6.45, 7) is 13.3. The van der Waals surface area contributed by atoms with Gasteiger partial charge in [0, 0.05) is 19.5 Å². The van der Waals surface area contributed by atoms with E-state index >= 15 is 0 Å². The van der Waals surface area contributed by atoms with E-state index in [9.17, 15) is 4.79 Å². The third kappa shape index (κ3) is 5.98. The highest BCUT2D eigenvalue weighted by atomic mass is 16.6. The molecule has 6 nitrogen and oxygen atoms in total. The molecule has 0 aromatic carbocycles. The van der Waals surface area contributed by atoms with Crippen molar-refractivity contribution in [2.45, 2.75) is 111 Å². The average molecular weight is 515 g/mol. The lowest BCUT2D eigenvalue weighted by Gasteiger charge is -2.58. The summed E-state index contributed by atoms with van der Waals surface area (Å²) >= 11 is 0. The van der Waals surface area contributed by atoms with Crippen LogP contribution in [0.25, 0.3) is 0 Å². The highest BCUT2D eigenvalue weighted by Crippen LogP contribution is 2.67. The predicted octanol–water partition coefficient (Wildman–Crippen LogP) is 6.61. The molecule has 3 saturated carbocycles. The van der Waals surface area contributed by atoms with Crippen molar-refractivity contribution in [3.63, 3.8) is 0 Å². The maximum atomic E-state index is 12.3. The topological polar surface area (TPSA) is 100 Å². The fourth-order valence-corrected chi connectivity index (χ4v) is 9.31. The van der Waals surface area contributed by atoms with Gasteiger partial charge < -0.3 is 21.1 Å². The number of guanidine groups is 1. The Kier molecular flexibility index (Phi) is 8.85. The second-order valence-electron chi connectivity index (χ2n) is 13.8. The highest BCUT2D eigenvalue weighted by Gasteiger charge is 2.59. The second kappa shape index (κ2) is 11.6. The number of hydrogen-bond donors (Lipinski definition) is 4. The average Bonchev–Trinajstić information content (AvgIpc) is 3.19. The normalized spacial score (nSPS) is 37.6. The number of ether oxygens (including phenoxy) is 1. The number of carbonyl (C=O) groups is 1. The van der Waals surface area contributed by atoms with Crippen LogP contribution in [0.1, 0.15) is 105 Å². The van der Waals surface area contributed by atoms with E-state index in [0.29, 0.717) is 18.5 Å². The number of nitrogens with one attached hydrogen (secondary N) is 3. The highest BCUT2D eigenvalue weighted by molar-refractivity contribution is 5.74. The van der Waals surface area contributed by atoms with Crippen LogP contribution >= 0.6 is 0 Å². The second-order valence-corrected chi connectivity index (χ2v) is 13.8. The molecule has 37 heavy (non-hydrogen) atoms. The number of amides is 1. The minimum atomic E-state index is -0.360. The van der Waals surface area contributed by atoms with Crippen LogP contribution in [-0.2, 0) is 4.74 Å². The predicted molar refractivity (Wildman–Crippen MR) is 151 cm³/mol. The molecule has 0 bridgehead atoms. The molecule has 0 radical (unpaired) electrons. The zero-order chi connectivity index (χ0) is 26.8. The van der Waals surface area contributed by atoms with Crippen LogP contribution in [0.4, 0.5) is 4.79 Å². The van der Waals surface area contributed by atoms with Gasteiger partial charge in [-0.15, -0.1) is 0 Å². The first kappa shape index (κ1) is 28.3. The minimum absolute atomic E-state index is 0.0342. The molecule has 0 saturated heterocycles. The van der Waals surface area contributed by atoms with Gasteiger partial charge in [-0.3, -0.25) is 5.41 Å². The molecule has 4 aliphatic rings. The summed E-state index contributed by atoms with van der Waals surface area (Å²) in [5.74, 6) is 4.98. The largest absolute Gasteiger partial charge is 0.446 e. The Morgan fingerprint density at radius 3 is 2.57 bits per heavy atom. The molecule has 0 aromatic rings. The summed E-state index contributed by atoms with van der Waals surface area (Å²) in [6.07, 6.45) is 16.2. The number of nitrogens with two attached hydrogens (primary N) is 1. The van der Waals surface area contributed by atoms with Crippen molar-refractivity contribution in [2.24, 2.45) is 52.1 Å². The van der Waals surface area contributed by atoms with E-state index in [1.54, 1.807) is 5.57 Å². The Bertz CT molecular complexity index is 856. The van der Waals surface area contributed by atoms with Gasteiger partial charge in [-0.2, -0.15) is 0 Å². The molecule has 4 rings (SSSR count). The maximum Gasteiger partial charge on any atom is 0.407 e. The van der Waals surface area contributed by atoms with Crippen molar-refractivity contribution in [1.82, 2.24) is 10.6 Å². The lowest BCUT2D eigenvalue weighted by atomic mass is 9.47. The lowest BCUT2D eigenvalue weighted by molar-refractivity contribution is -0.0581. The van der Waals surface area contributed by atoms with Gasteiger partial charge in [-0.05, 0) is 91.3 Å². The molecular formula is C31H54N4O2. The number of fused-ring (bicyclic) bond motifs is 5. The number of rotatable bonds is 9. The summed E-state index contributed by atoms with van der Waals surface area (Å²) in [5.41, 5.74) is 7.63. The molecular weight excluding hydrogens is 460 g/mol. The zero-order valence-electron chi connectivity index (χ0n) is 24.2. The van der Waals surface area contributed by atoms with Crippen molar-refractivity contribution in [1.29, 1.82) is 5.41 Å². The van der Waals surface area contributed by atoms with Crippen LogP contribution in [0.3, 0.4) is 0 Å². The van der Waals surface area contributed by atoms with Crippen molar-refractivity contribution >= 4 is 12.1 Å². The SMILES string of the molecule is CC(C)CCC[C@@H](C)[C@H]1CC[C@H]2[C@@H]3CC=C4C[C@@H](OC(=O)NCCNC(=N)N)CC[C@]4(C)[C@H]3CC[C@]12C. The standard InChI is InChI=1S/C31H54N4O2/c1-20(2)7-6-8-21(3)25-11-12-26-24-10-9-22-19-23(37-29(36)35-18-17-34-28(32)33)13-15-30(22,4)27(24)14-16-31(25,26)5/h9,20-21,23-27H,6-8,10-19H2,1-5H3,(H,35,36)(H4,32,33,34)/t21-,23+,24+,25-,26+,27+,30+,31-/m1/s1. The first-order valence-corrected chi connectivity index (χ1v) is 15.3. The van der Waals surface area contributed by atoms with Gasteiger partial charge >= 0.3 is 6.09 Å². The number of carbonyl (C=O) groups excluding carboxylic acids is 1. The van der Waals surface area contributed by atoms with Crippen molar-refractivity contribution in [3.05, 3.63) is 11.6 Å². The van der Waals surface area contributed by atoms with E-state index in [0.717, 1.165) is 54.8 Å². The third-order valence-electron chi connectivity index (χ3n) is 11.2. The Morgan fingerprint density at radius 2 is 1.84 bits per heavy atom. The molecule has 3 fully saturated rings. The fourth-order valence-electron chi connectivity index (χ4n) is 9.31. The van der Waals surface area contributed by atoms with Crippen LogP contribution in [0, 0.1) is 51.7 Å². The first-order chi connectivity index (χ1) is 17.5. The quantitative estimate of drug-likeness (QED) is 0.120. The van der Waals surface area contributed by atoms with E-state index < -0.39 is 0 Å². The minimum Gasteiger partial charge on any atom is -0.446 e. The van der Waals surface area contributed by atoms with Gasteiger partial charge in [-0.25, -0.2) is 4.79 Å². The Labute approximate surface area is 225 Å². The van der Waals surface area contributed by atoms with Crippen molar-refractivity contribution < 1.29 is 9.53 Å². The molecule has 0 heterocycles. The van der Waals surface area contributed by atoms with Crippen molar-refractivity contribution in [3.8, 4) is 0 Å². The van der Waals surface area contributed by atoms with Crippen LogP contribution in [0.15, 0.2) is 11.6 Å². The van der Waals surface area contributed by atoms with Crippen LogP contribution in [-0.4, -0.2) is 31.2 Å². The molecule has 210 valence electrons. The monoisotopic (exact) mass is 514 g/mol. The van der Waals surface area contributed by atoms with Crippen LogP contribution < -0.4 is 16.4 Å². The molecule has 6 heteroatoms. The summed E-state index contributed by atoms with van der Waals surface area (Å²) in [7, 11) is 0. The lowest BCUT2D eigenvalue weighted by Crippen LogP contribution is -2.51. The van der Waals surface area contributed by atoms with Gasteiger partial charge in [0.25, 0.3) is 0 Å². The Balaban J connectivity index is 1.35. The van der Waals surface area contributed by atoms with Crippen molar-refractivity contribution in [2.75, 3.05) is 13.1 Å². The fraction of sp³-hybridized carbons (Fsp3) is 0.871. The van der Waals surface area contributed by atoms with Gasteiger partial charge in [-0.1, -0.05) is 65.5 Å². The van der Waals surface area contributed by atoms with E-state index in [2.05, 4.69) is 51.3 Å². The van der Waals surface area contributed by atoms with Crippen LogP contribution in [0.2, 0.25) is 0 Å². The smallest absolute Gasteiger partial charge is 0.407 e. The maximum absolute atomic E-state index is 12.3. The number of hydrogen-bond acceptors (Lipinski definition) is 3. The molecule has 0 aromatic heterocycles.